The second-order valence-corrected chi connectivity index (χ2v) is 4.49. The third kappa shape index (κ3) is 2.93. The Kier molecular flexibility index (Phi) is 4.05. The Morgan fingerprint density at radius 2 is 1.94 bits per heavy atom. The molecule has 0 aliphatic carbocycles. The standard InChI is InChI=1S/C15H20N2O/c1-12(13-6-8-15(18-3)9-7-13)16-11-14-5-4-10-17(14)2/h4-10,12,16H,11H2,1-3H3/t12-/m0/s1. The highest BCUT2D eigenvalue weighted by Crippen LogP contribution is 2.17. The van der Waals surface area contributed by atoms with Crippen LogP contribution < -0.4 is 10.1 Å². The molecule has 1 aromatic carbocycles. The summed E-state index contributed by atoms with van der Waals surface area (Å²) in [6, 6.07) is 12.7. The van der Waals surface area contributed by atoms with Crippen LogP contribution >= 0.6 is 0 Å². The highest BCUT2D eigenvalue weighted by Gasteiger charge is 2.05. The molecule has 0 bridgehead atoms. The van der Waals surface area contributed by atoms with Gasteiger partial charge in [-0.05, 0) is 36.8 Å². The van der Waals surface area contributed by atoms with Gasteiger partial charge in [0.15, 0.2) is 0 Å². The minimum absolute atomic E-state index is 0.325. The summed E-state index contributed by atoms with van der Waals surface area (Å²) in [7, 11) is 3.75. The van der Waals surface area contributed by atoms with Crippen LogP contribution in [0.5, 0.6) is 5.75 Å². The molecule has 1 atom stereocenters. The van der Waals surface area contributed by atoms with E-state index in [0.29, 0.717) is 6.04 Å². The first-order valence-corrected chi connectivity index (χ1v) is 6.18. The van der Waals surface area contributed by atoms with E-state index < -0.39 is 0 Å². The summed E-state index contributed by atoms with van der Waals surface area (Å²) in [5.74, 6) is 0.897. The van der Waals surface area contributed by atoms with Crippen LogP contribution in [0.25, 0.3) is 0 Å². The fourth-order valence-corrected chi connectivity index (χ4v) is 1.95. The van der Waals surface area contributed by atoms with Crippen molar-refractivity contribution in [1.29, 1.82) is 0 Å². The fourth-order valence-electron chi connectivity index (χ4n) is 1.95. The molecular formula is C15H20N2O. The van der Waals surface area contributed by atoms with Gasteiger partial charge in [-0.1, -0.05) is 12.1 Å². The number of rotatable bonds is 5. The molecule has 0 spiro atoms. The summed E-state index contributed by atoms with van der Waals surface area (Å²) in [6.45, 7) is 3.04. The zero-order valence-corrected chi connectivity index (χ0v) is 11.2. The average molecular weight is 244 g/mol. The number of benzene rings is 1. The third-order valence-corrected chi connectivity index (χ3v) is 3.26. The van der Waals surface area contributed by atoms with Gasteiger partial charge in [0, 0.05) is 31.5 Å². The number of ether oxygens (including phenoxy) is 1. The monoisotopic (exact) mass is 244 g/mol. The number of nitrogens with one attached hydrogen (secondary N) is 1. The number of hydrogen-bond acceptors (Lipinski definition) is 2. The van der Waals surface area contributed by atoms with E-state index in [2.05, 4.69) is 54.3 Å². The average Bonchev–Trinajstić information content (AvgIpc) is 2.81. The topological polar surface area (TPSA) is 26.2 Å². The molecule has 0 saturated carbocycles. The van der Waals surface area contributed by atoms with Crippen LogP contribution in [0, 0.1) is 0 Å². The molecule has 0 radical (unpaired) electrons. The number of aromatic nitrogens is 1. The van der Waals surface area contributed by atoms with E-state index in [1.165, 1.54) is 11.3 Å². The number of nitrogens with zero attached hydrogens (tertiary/aromatic N) is 1. The van der Waals surface area contributed by atoms with Crippen molar-refractivity contribution in [3.63, 3.8) is 0 Å². The van der Waals surface area contributed by atoms with Gasteiger partial charge >= 0.3 is 0 Å². The normalized spacial score (nSPS) is 12.4. The lowest BCUT2D eigenvalue weighted by Gasteiger charge is -2.15. The summed E-state index contributed by atoms with van der Waals surface area (Å²) in [5, 5.41) is 3.52. The number of hydrogen-bond donors (Lipinski definition) is 1. The van der Waals surface area contributed by atoms with E-state index in [1.54, 1.807) is 7.11 Å². The van der Waals surface area contributed by atoms with Crippen molar-refractivity contribution in [2.45, 2.75) is 19.5 Å². The van der Waals surface area contributed by atoms with Crippen LogP contribution in [0.1, 0.15) is 24.2 Å². The fraction of sp³-hybridized carbons (Fsp3) is 0.333. The second-order valence-electron chi connectivity index (χ2n) is 4.49. The van der Waals surface area contributed by atoms with E-state index in [9.17, 15) is 0 Å². The molecule has 3 nitrogen and oxygen atoms in total. The maximum absolute atomic E-state index is 5.16. The highest BCUT2D eigenvalue weighted by molar-refractivity contribution is 5.28. The molecule has 18 heavy (non-hydrogen) atoms. The van der Waals surface area contributed by atoms with Gasteiger partial charge in [-0.2, -0.15) is 0 Å². The zero-order valence-electron chi connectivity index (χ0n) is 11.2. The molecular weight excluding hydrogens is 224 g/mol. The summed E-state index contributed by atoms with van der Waals surface area (Å²) in [4.78, 5) is 0. The first kappa shape index (κ1) is 12.7. The Hall–Kier alpha value is -1.74. The quantitative estimate of drug-likeness (QED) is 0.875. The van der Waals surface area contributed by atoms with Crippen molar-refractivity contribution in [2.24, 2.45) is 7.05 Å². The van der Waals surface area contributed by atoms with Crippen molar-refractivity contribution >= 4 is 0 Å². The lowest BCUT2D eigenvalue weighted by atomic mass is 10.1. The Balaban J connectivity index is 1.94. The van der Waals surface area contributed by atoms with Crippen LogP contribution in [-0.4, -0.2) is 11.7 Å². The maximum atomic E-state index is 5.16. The smallest absolute Gasteiger partial charge is 0.118 e. The molecule has 2 aromatic rings. The van der Waals surface area contributed by atoms with Crippen molar-refractivity contribution in [2.75, 3.05) is 7.11 Å². The van der Waals surface area contributed by atoms with Gasteiger partial charge < -0.3 is 14.6 Å². The van der Waals surface area contributed by atoms with E-state index in [1.807, 2.05) is 12.1 Å². The van der Waals surface area contributed by atoms with Gasteiger partial charge in [-0.15, -0.1) is 0 Å². The van der Waals surface area contributed by atoms with Gasteiger partial charge in [-0.25, -0.2) is 0 Å². The van der Waals surface area contributed by atoms with Crippen molar-refractivity contribution in [1.82, 2.24) is 9.88 Å². The largest absolute Gasteiger partial charge is 0.497 e. The van der Waals surface area contributed by atoms with Crippen LogP contribution in [0.4, 0.5) is 0 Å². The van der Waals surface area contributed by atoms with Crippen LogP contribution in [0.15, 0.2) is 42.6 Å². The van der Waals surface area contributed by atoms with Crippen LogP contribution in [0.3, 0.4) is 0 Å². The molecule has 0 aliphatic rings. The molecule has 0 unspecified atom stereocenters. The molecule has 0 saturated heterocycles. The van der Waals surface area contributed by atoms with Crippen LogP contribution in [-0.2, 0) is 13.6 Å². The molecule has 0 aliphatic heterocycles. The van der Waals surface area contributed by atoms with Crippen molar-refractivity contribution < 1.29 is 4.74 Å². The van der Waals surface area contributed by atoms with E-state index >= 15 is 0 Å². The number of aryl methyl sites for hydroxylation is 1. The minimum Gasteiger partial charge on any atom is -0.497 e. The molecule has 0 amide bonds. The van der Waals surface area contributed by atoms with Gasteiger partial charge in [0.25, 0.3) is 0 Å². The Morgan fingerprint density at radius 3 is 2.50 bits per heavy atom. The third-order valence-electron chi connectivity index (χ3n) is 3.26. The molecule has 1 N–H and O–H groups in total. The lowest BCUT2D eigenvalue weighted by Crippen LogP contribution is -2.19. The summed E-state index contributed by atoms with van der Waals surface area (Å²) >= 11 is 0. The van der Waals surface area contributed by atoms with E-state index in [-0.39, 0.29) is 0 Å². The molecule has 2 rings (SSSR count). The van der Waals surface area contributed by atoms with Gasteiger partial charge in [0.1, 0.15) is 5.75 Å². The molecule has 0 fully saturated rings. The molecule has 1 heterocycles. The summed E-state index contributed by atoms with van der Waals surface area (Å²) in [6.07, 6.45) is 2.06. The van der Waals surface area contributed by atoms with E-state index in [4.69, 9.17) is 4.74 Å². The number of methoxy groups -OCH3 is 1. The highest BCUT2D eigenvalue weighted by atomic mass is 16.5. The minimum atomic E-state index is 0.325. The predicted molar refractivity (Wildman–Crippen MR) is 73.7 cm³/mol. The molecule has 1 aromatic heterocycles. The first-order valence-electron chi connectivity index (χ1n) is 6.18. The SMILES string of the molecule is COc1ccc([C@H](C)NCc2cccn2C)cc1. The summed E-state index contributed by atoms with van der Waals surface area (Å²) in [5.41, 5.74) is 2.56. The Bertz CT molecular complexity index is 487. The first-order chi connectivity index (χ1) is 8.70. The van der Waals surface area contributed by atoms with Gasteiger partial charge in [-0.3, -0.25) is 0 Å². The Labute approximate surface area is 108 Å². The van der Waals surface area contributed by atoms with Crippen LogP contribution in [0.2, 0.25) is 0 Å². The van der Waals surface area contributed by atoms with Crippen molar-refractivity contribution in [3.05, 3.63) is 53.9 Å². The zero-order chi connectivity index (χ0) is 13.0. The van der Waals surface area contributed by atoms with E-state index in [0.717, 1.165) is 12.3 Å². The van der Waals surface area contributed by atoms with Gasteiger partial charge in [0.05, 0.1) is 7.11 Å². The lowest BCUT2D eigenvalue weighted by molar-refractivity contribution is 0.414. The summed E-state index contributed by atoms with van der Waals surface area (Å²) < 4.78 is 7.29. The van der Waals surface area contributed by atoms with Gasteiger partial charge in [0.2, 0.25) is 0 Å². The van der Waals surface area contributed by atoms with Crippen molar-refractivity contribution in [3.8, 4) is 5.75 Å². The second kappa shape index (κ2) is 5.74. The molecule has 3 heteroatoms. The predicted octanol–water partition coefficient (Wildman–Crippen LogP) is 2.88. The molecule has 96 valence electrons. The Morgan fingerprint density at radius 1 is 1.22 bits per heavy atom. The maximum Gasteiger partial charge on any atom is 0.118 e.